The molecule has 5 aromatic rings. The maximum Gasteiger partial charge on any atom is 0.141 e. The lowest BCUT2D eigenvalue weighted by Gasteiger charge is -2.33. The molecular formula is C28H31ClN6O3. The Morgan fingerprint density at radius 1 is 1.16 bits per heavy atom. The van der Waals surface area contributed by atoms with E-state index in [4.69, 9.17) is 35.9 Å². The van der Waals surface area contributed by atoms with Crippen molar-refractivity contribution in [3.63, 3.8) is 0 Å². The second kappa shape index (κ2) is 9.18. The molecule has 0 aliphatic carbocycles. The van der Waals surface area contributed by atoms with E-state index in [0.717, 1.165) is 63.2 Å². The van der Waals surface area contributed by atoms with E-state index in [0.29, 0.717) is 23.9 Å². The number of fused-ring (bicyclic) bond motifs is 3. The molecule has 6 rings (SSSR count). The second-order valence-electron chi connectivity index (χ2n) is 10.7. The van der Waals surface area contributed by atoms with Crippen molar-refractivity contribution >= 4 is 33.7 Å². The number of aliphatic hydroxyl groups is 1. The van der Waals surface area contributed by atoms with Crippen LogP contribution in [0.3, 0.4) is 0 Å². The molecule has 0 amide bonds. The molecule has 38 heavy (non-hydrogen) atoms. The fourth-order valence-electron chi connectivity index (χ4n) is 5.88. The first-order chi connectivity index (χ1) is 18.2. The van der Waals surface area contributed by atoms with Crippen molar-refractivity contribution in [3.05, 3.63) is 58.5 Å². The molecule has 9 nitrogen and oxygen atoms in total. The molecular weight excluding hydrogens is 504 g/mol. The van der Waals surface area contributed by atoms with E-state index < -0.39 is 5.60 Å². The summed E-state index contributed by atoms with van der Waals surface area (Å²) in [5.41, 5.74) is 6.21. The summed E-state index contributed by atoms with van der Waals surface area (Å²) in [7, 11) is 1.89. The fourth-order valence-corrected chi connectivity index (χ4v) is 6.12. The molecule has 1 aliphatic rings. The monoisotopic (exact) mass is 534 g/mol. The summed E-state index contributed by atoms with van der Waals surface area (Å²) in [6, 6.07) is 5.64. The number of aromatic nitrogens is 6. The number of nitrogens with zero attached hydrogens (tertiary/aromatic N) is 6. The normalized spacial score (nSPS) is 16.1. The Morgan fingerprint density at radius 2 is 1.92 bits per heavy atom. The van der Waals surface area contributed by atoms with Gasteiger partial charge in [0, 0.05) is 43.8 Å². The second-order valence-corrected chi connectivity index (χ2v) is 11.1. The number of ether oxygens (including phenoxy) is 1. The van der Waals surface area contributed by atoms with E-state index in [-0.39, 0.29) is 12.0 Å². The van der Waals surface area contributed by atoms with E-state index in [1.807, 2.05) is 43.9 Å². The Labute approximate surface area is 225 Å². The third-order valence-electron chi connectivity index (χ3n) is 7.57. The Balaban J connectivity index is 1.75. The van der Waals surface area contributed by atoms with Gasteiger partial charge in [0.2, 0.25) is 0 Å². The molecule has 198 valence electrons. The van der Waals surface area contributed by atoms with Crippen LogP contribution in [0.1, 0.15) is 55.6 Å². The van der Waals surface area contributed by atoms with Crippen molar-refractivity contribution < 1.29 is 14.4 Å². The smallest absolute Gasteiger partial charge is 0.141 e. The first-order valence-corrected chi connectivity index (χ1v) is 13.3. The van der Waals surface area contributed by atoms with Gasteiger partial charge < -0.3 is 18.9 Å². The van der Waals surface area contributed by atoms with Crippen LogP contribution in [0.15, 0.2) is 35.1 Å². The molecule has 1 aliphatic heterocycles. The van der Waals surface area contributed by atoms with Crippen LogP contribution in [-0.4, -0.2) is 47.8 Å². The summed E-state index contributed by atoms with van der Waals surface area (Å²) in [4.78, 5) is 9.75. The highest BCUT2D eigenvalue weighted by Crippen LogP contribution is 2.44. The standard InChI is InChI=1S/C28H31ClN6O3/c1-15-21(16(2)38-33-15)18-13-20-23(31-14-18)25-26(27(28(3,4)36)32-34(25)5)35(20)24(17-8-11-37-12-9-17)22-19(29)7-6-10-30-22/h6-7,10,13-14,17,24,36H,8-9,11-12H2,1-5H3. The number of rotatable bonds is 5. The van der Waals surface area contributed by atoms with Crippen molar-refractivity contribution in [2.75, 3.05) is 13.2 Å². The van der Waals surface area contributed by atoms with Crippen molar-refractivity contribution in [2.24, 2.45) is 13.0 Å². The van der Waals surface area contributed by atoms with Crippen LogP contribution >= 0.6 is 11.6 Å². The molecule has 5 aromatic heterocycles. The van der Waals surface area contributed by atoms with Crippen LogP contribution in [0.2, 0.25) is 5.02 Å². The summed E-state index contributed by atoms with van der Waals surface area (Å²) in [6.45, 7) is 8.70. The van der Waals surface area contributed by atoms with Gasteiger partial charge in [-0.05, 0) is 64.7 Å². The lowest BCUT2D eigenvalue weighted by molar-refractivity contribution is 0.0543. The SMILES string of the molecule is Cc1noc(C)c1-c1cnc2c3c(c(C(C)(C)O)nn3C)n(C(c3ncccc3Cl)C3CCOCC3)c2c1. The highest BCUT2D eigenvalue weighted by atomic mass is 35.5. The lowest BCUT2D eigenvalue weighted by atomic mass is 9.88. The van der Waals surface area contributed by atoms with E-state index >= 15 is 0 Å². The molecule has 6 heterocycles. The number of aryl methyl sites for hydroxylation is 3. The van der Waals surface area contributed by atoms with Crippen molar-refractivity contribution in [2.45, 2.75) is 52.2 Å². The van der Waals surface area contributed by atoms with Gasteiger partial charge in [0.25, 0.3) is 0 Å². The average Bonchev–Trinajstić information content (AvgIpc) is 3.52. The molecule has 0 spiro atoms. The van der Waals surface area contributed by atoms with Gasteiger partial charge in [0.15, 0.2) is 0 Å². The molecule has 0 saturated carbocycles. The maximum atomic E-state index is 11.3. The van der Waals surface area contributed by atoms with Crippen LogP contribution in [-0.2, 0) is 17.4 Å². The zero-order chi connectivity index (χ0) is 26.8. The Hall–Kier alpha value is -3.27. The van der Waals surface area contributed by atoms with Crippen molar-refractivity contribution in [1.29, 1.82) is 0 Å². The minimum absolute atomic E-state index is 0.201. The van der Waals surface area contributed by atoms with E-state index in [9.17, 15) is 5.11 Å². The van der Waals surface area contributed by atoms with Gasteiger partial charge >= 0.3 is 0 Å². The average molecular weight is 535 g/mol. The van der Waals surface area contributed by atoms with Crippen LogP contribution in [0.25, 0.3) is 33.2 Å². The fraction of sp³-hybridized carbons (Fsp3) is 0.429. The van der Waals surface area contributed by atoms with E-state index in [2.05, 4.69) is 15.8 Å². The molecule has 1 atom stereocenters. The molecule has 1 N–H and O–H groups in total. The Morgan fingerprint density at radius 3 is 2.58 bits per heavy atom. The molecule has 1 unspecified atom stereocenters. The Bertz CT molecular complexity index is 1640. The number of hydrogen-bond acceptors (Lipinski definition) is 7. The number of pyridine rings is 2. The largest absolute Gasteiger partial charge is 0.384 e. The van der Waals surface area contributed by atoms with Crippen molar-refractivity contribution in [1.82, 2.24) is 29.5 Å². The first kappa shape index (κ1) is 25.0. The van der Waals surface area contributed by atoms with Gasteiger partial charge in [-0.15, -0.1) is 0 Å². The van der Waals surface area contributed by atoms with E-state index in [1.165, 1.54) is 0 Å². The lowest BCUT2D eigenvalue weighted by Crippen LogP contribution is -2.28. The third-order valence-corrected chi connectivity index (χ3v) is 7.89. The van der Waals surface area contributed by atoms with E-state index in [1.54, 1.807) is 20.0 Å². The van der Waals surface area contributed by atoms with Crippen LogP contribution in [0.5, 0.6) is 0 Å². The van der Waals surface area contributed by atoms with Gasteiger partial charge in [-0.3, -0.25) is 14.6 Å². The number of halogens is 1. The summed E-state index contributed by atoms with van der Waals surface area (Å²) in [5.74, 6) is 0.937. The van der Waals surface area contributed by atoms with Gasteiger partial charge in [0.05, 0.1) is 33.5 Å². The molecule has 0 radical (unpaired) electrons. The predicted octanol–water partition coefficient (Wildman–Crippen LogP) is 5.49. The molecule has 10 heteroatoms. The molecule has 0 bridgehead atoms. The molecule has 0 aromatic carbocycles. The zero-order valence-electron chi connectivity index (χ0n) is 22.2. The van der Waals surface area contributed by atoms with Crippen LogP contribution < -0.4 is 0 Å². The van der Waals surface area contributed by atoms with Gasteiger partial charge in [-0.1, -0.05) is 16.8 Å². The highest BCUT2D eigenvalue weighted by Gasteiger charge is 2.36. The first-order valence-electron chi connectivity index (χ1n) is 12.9. The van der Waals surface area contributed by atoms with Gasteiger partial charge in [-0.25, -0.2) is 0 Å². The summed E-state index contributed by atoms with van der Waals surface area (Å²) in [6.07, 6.45) is 5.35. The minimum Gasteiger partial charge on any atom is -0.384 e. The highest BCUT2D eigenvalue weighted by molar-refractivity contribution is 6.31. The maximum absolute atomic E-state index is 11.3. The molecule has 1 saturated heterocycles. The summed E-state index contributed by atoms with van der Waals surface area (Å²) < 4.78 is 15.3. The summed E-state index contributed by atoms with van der Waals surface area (Å²) >= 11 is 6.83. The number of hydrogen-bond donors (Lipinski definition) is 1. The topological polar surface area (TPSA) is 104 Å². The van der Waals surface area contributed by atoms with Crippen molar-refractivity contribution in [3.8, 4) is 11.1 Å². The quantitative estimate of drug-likeness (QED) is 0.318. The third kappa shape index (κ3) is 3.92. The van der Waals surface area contributed by atoms with Crippen LogP contribution in [0.4, 0.5) is 0 Å². The van der Waals surface area contributed by atoms with Gasteiger partial charge in [0.1, 0.15) is 28.1 Å². The summed E-state index contributed by atoms with van der Waals surface area (Å²) in [5, 5.41) is 20.8. The van der Waals surface area contributed by atoms with Gasteiger partial charge in [-0.2, -0.15) is 5.10 Å². The molecule has 1 fully saturated rings. The zero-order valence-corrected chi connectivity index (χ0v) is 23.0. The predicted molar refractivity (Wildman–Crippen MR) is 145 cm³/mol. The minimum atomic E-state index is -1.19. The van der Waals surface area contributed by atoms with Crippen LogP contribution in [0, 0.1) is 19.8 Å². The Kier molecular flexibility index (Phi) is 6.05.